The van der Waals surface area contributed by atoms with Crippen LogP contribution >= 0.6 is 0 Å². The van der Waals surface area contributed by atoms with Crippen LogP contribution in [0.2, 0.25) is 0 Å². The molecule has 4 rings (SSSR count). The first-order valence-corrected chi connectivity index (χ1v) is 11.8. The summed E-state index contributed by atoms with van der Waals surface area (Å²) in [5.74, 6) is 2.99. The Morgan fingerprint density at radius 1 is 1.06 bits per heavy atom. The smallest absolute Gasteiger partial charge is 0.236 e. The molecule has 170 valence electrons. The van der Waals surface area contributed by atoms with Crippen LogP contribution in [-0.4, -0.2) is 82.8 Å². The third kappa shape index (κ3) is 5.00. The molecule has 0 spiro atoms. The minimum Gasteiger partial charge on any atom is -0.373 e. The number of carbonyl (C=O) groups is 2. The third-order valence-electron chi connectivity index (χ3n) is 7.12. The van der Waals surface area contributed by atoms with Crippen molar-refractivity contribution in [1.82, 2.24) is 24.7 Å². The van der Waals surface area contributed by atoms with E-state index in [4.69, 9.17) is 9.97 Å². The Balaban J connectivity index is 1.44. The van der Waals surface area contributed by atoms with Gasteiger partial charge in [0.1, 0.15) is 11.6 Å². The van der Waals surface area contributed by atoms with Crippen LogP contribution in [0, 0.1) is 5.92 Å². The lowest BCUT2D eigenvalue weighted by molar-refractivity contribution is -0.134. The molecule has 0 bridgehead atoms. The standard InChI is InChI=1S/C23H36N6O2/c1-16-6-11-28(12-7-16)21(31)15-27-10-8-20-19(14-27)23(24-3)26-22(25-20)18-5-4-9-29(13-18)17(2)30/h16,18H,4-15H2,1-3H3,(H,24,25,26)/t18-/m0/s1. The van der Waals surface area contributed by atoms with Gasteiger partial charge in [-0.15, -0.1) is 0 Å². The van der Waals surface area contributed by atoms with Crippen molar-refractivity contribution in [3.63, 3.8) is 0 Å². The Bertz CT molecular complexity index is 803. The fourth-order valence-corrected chi connectivity index (χ4v) is 5.04. The molecule has 8 heteroatoms. The number of rotatable bonds is 4. The number of hydrogen-bond donors (Lipinski definition) is 1. The fourth-order valence-electron chi connectivity index (χ4n) is 5.04. The monoisotopic (exact) mass is 428 g/mol. The van der Waals surface area contributed by atoms with Crippen LogP contribution in [0.3, 0.4) is 0 Å². The zero-order valence-corrected chi connectivity index (χ0v) is 19.2. The van der Waals surface area contributed by atoms with Gasteiger partial charge in [0.15, 0.2) is 0 Å². The van der Waals surface area contributed by atoms with Gasteiger partial charge in [-0.1, -0.05) is 6.92 Å². The number of piperidine rings is 2. The Labute approximate surface area is 185 Å². The molecule has 31 heavy (non-hydrogen) atoms. The predicted molar refractivity (Wildman–Crippen MR) is 120 cm³/mol. The predicted octanol–water partition coefficient (Wildman–Crippen LogP) is 1.86. The molecular weight excluding hydrogens is 392 g/mol. The molecule has 1 aromatic heterocycles. The van der Waals surface area contributed by atoms with E-state index >= 15 is 0 Å². The summed E-state index contributed by atoms with van der Waals surface area (Å²) < 4.78 is 0. The number of nitrogens with zero attached hydrogens (tertiary/aromatic N) is 5. The lowest BCUT2D eigenvalue weighted by Gasteiger charge is -2.35. The number of hydrogen-bond acceptors (Lipinski definition) is 6. The van der Waals surface area contributed by atoms with Crippen molar-refractivity contribution in [3.8, 4) is 0 Å². The molecule has 3 aliphatic rings. The molecule has 0 saturated carbocycles. The summed E-state index contributed by atoms with van der Waals surface area (Å²) in [6.45, 7) is 9.21. The van der Waals surface area contributed by atoms with E-state index in [0.29, 0.717) is 19.6 Å². The van der Waals surface area contributed by atoms with Crippen LogP contribution in [0.1, 0.15) is 62.5 Å². The number of nitrogens with one attached hydrogen (secondary N) is 1. The highest BCUT2D eigenvalue weighted by molar-refractivity contribution is 5.78. The van der Waals surface area contributed by atoms with Gasteiger partial charge in [-0.3, -0.25) is 14.5 Å². The van der Waals surface area contributed by atoms with Crippen LogP contribution in [0.25, 0.3) is 0 Å². The largest absolute Gasteiger partial charge is 0.373 e. The van der Waals surface area contributed by atoms with E-state index in [1.165, 1.54) is 0 Å². The molecule has 1 aromatic rings. The molecule has 2 saturated heterocycles. The van der Waals surface area contributed by atoms with Crippen molar-refractivity contribution in [2.75, 3.05) is 51.6 Å². The van der Waals surface area contributed by atoms with Crippen molar-refractivity contribution < 1.29 is 9.59 Å². The van der Waals surface area contributed by atoms with E-state index < -0.39 is 0 Å². The summed E-state index contributed by atoms with van der Waals surface area (Å²) in [6.07, 6.45) is 5.05. The summed E-state index contributed by atoms with van der Waals surface area (Å²) in [7, 11) is 1.90. The number of fused-ring (bicyclic) bond motifs is 1. The van der Waals surface area contributed by atoms with E-state index in [2.05, 4.69) is 17.1 Å². The molecular formula is C23H36N6O2. The minimum absolute atomic E-state index is 0.125. The van der Waals surface area contributed by atoms with E-state index in [-0.39, 0.29) is 17.7 Å². The second kappa shape index (κ2) is 9.51. The normalized spacial score (nSPS) is 22.9. The van der Waals surface area contributed by atoms with Gasteiger partial charge in [-0.25, -0.2) is 9.97 Å². The second-order valence-electron chi connectivity index (χ2n) is 9.43. The summed E-state index contributed by atoms with van der Waals surface area (Å²) in [5, 5.41) is 3.26. The number of carbonyl (C=O) groups excluding carboxylic acids is 2. The van der Waals surface area contributed by atoms with Crippen LogP contribution in [0.4, 0.5) is 5.82 Å². The maximum atomic E-state index is 12.8. The van der Waals surface area contributed by atoms with Crippen molar-refractivity contribution in [2.24, 2.45) is 5.92 Å². The highest BCUT2D eigenvalue weighted by atomic mass is 16.2. The van der Waals surface area contributed by atoms with Gasteiger partial charge in [0, 0.05) is 71.1 Å². The van der Waals surface area contributed by atoms with Gasteiger partial charge in [0.2, 0.25) is 11.8 Å². The first kappa shape index (κ1) is 22.0. The number of aromatic nitrogens is 2. The molecule has 1 N–H and O–H groups in total. The molecule has 2 fully saturated rings. The SMILES string of the molecule is CNc1nc([C@H]2CCCN(C(C)=O)C2)nc2c1CN(CC(=O)N1CCC(C)CC1)CC2. The van der Waals surface area contributed by atoms with Crippen LogP contribution < -0.4 is 5.32 Å². The second-order valence-corrected chi connectivity index (χ2v) is 9.43. The maximum absolute atomic E-state index is 12.8. The van der Waals surface area contributed by atoms with Gasteiger partial charge >= 0.3 is 0 Å². The molecule has 0 aromatic carbocycles. The van der Waals surface area contributed by atoms with Gasteiger partial charge in [-0.2, -0.15) is 0 Å². The van der Waals surface area contributed by atoms with Gasteiger partial charge in [-0.05, 0) is 31.6 Å². The van der Waals surface area contributed by atoms with Gasteiger partial charge in [0.05, 0.1) is 12.2 Å². The highest BCUT2D eigenvalue weighted by Crippen LogP contribution is 2.30. The third-order valence-corrected chi connectivity index (χ3v) is 7.12. The quantitative estimate of drug-likeness (QED) is 0.788. The summed E-state index contributed by atoms with van der Waals surface area (Å²) in [5.41, 5.74) is 2.20. The Hall–Kier alpha value is -2.22. The molecule has 1 atom stereocenters. The molecule has 0 aliphatic carbocycles. The van der Waals surface area contributed by atoms with E-state index in [0.717, 1.165) is 87.1 Å². The van der Waals surface area contributed by atoms with E-state index in [9.17, 15) is 9.59 Å². The molecule has 2 amide bonds. The topological polar surface area (TPSA) is 81.7 Å². The molecule has 8 nitrogen and oxygen atoms in total. The summed E-state index contributed by atoms with van der Waals surface area (Å²) in [6, 6.07) is 0. The highest BCUT2D eigenvalue weighted by Gasteiger charge is 2.30. The number of anilines is 1. The fraction of sp³-hybridized carbons (Fsp3) is 0.739. The van der Waals surface area contributed by atoms with E-state index in [1.807, 2.05) is 16.8 Å². The molecule has 0 unspecified atom stereocenters. The number of amides is 2. The average molecular weight is 429 g/mol. The molecule has 4 heterocycles. The minimum atomic E-state index is 0.125. The lowest BCUT2D eigenvalue weighted by atomic mass is 9.96. The van der Waals surface area contributed by atoms with E-state index in [1.54, 1.807) is 6.92 Å². The Morgan fingerprint density at radius 2 is 1.84 bits per heavy atom. The van der Waals surface area contributed by atoms with Crippen molar-refractivity contribution in [2.45, 2.75) is 58.4 Å². The zero-order valence-electron chi connectivity index (χ0n) is 19.2. The average Bonchev–Trinajstić information content (AvgIpc) is 2.78. The van der Waals surface area contributed by atoms with Crippen LogP contribution in [0.15, 0.2) is 0 Å². The number of likely N-dealkylation sites (tertiary alicyclic amines) is 2. The van der Waals surface area contributed by atoms with Gasteiger partial charge in [0.25, 0.3) is 0 Å². The summed E-state index contributed by atoms with van der Waals surface area (Å²) in [4.78, 5) is 40.6. The summed E-state index contributed by atoms with van der Waals surface area (Å²) >= 11 is 0. The Kier molecular flexibility index (Phi) is 6.74. The van der Waals surface area contributed by atoms with Crippen molar-refractivity contribution in [1.29, 1.82) is 0 Å². The first-order valence-electron chi connectivity index (χ1n) is 11.8. The van der Waals surface area contributed by atoms with Crippen LogP contribution in [0.5, 0.6) is 0 Å². The van der Waals surface area contributed by atoms with Crippen molar-refractivity contribution in [3.05, 3.63) is 17.1 Å². The lowest BCUT2D eigenvalue weighted by Crippen LogP contribution is -2.45. The maximum Gasteiger partial charge on any atom is 0.236 e. The van der Waals surface area contributed by atoms with Crippen LogP contribution in [-0.2, 0) is 22.6 Å². The zero-order chi connectivity index (χ0) is 22.0. The Morgan fingerprint density at radius 3 is 2.55 bits per heavy atom. The molecule has 0 radical (unpaired) electrons. The van der Waals surface area contributed by atoms with Gasteiger partial charge < -0.3 is 15.1 Å². The molecule has 3 aliphatic heterocycles. The first-order chi connectivity index (χ1) is 14.9. The van der Waals surface area contributed by atoms with Crippen molar-refractivity contribution >= 4 is 17.6 Å².